The van der Waals surface area contributed by atoms with Crippen molar-refractivity contribution in [1.82, 2.24) is 5.32 Å². The Labute approximate surface area is 133 Å². The van der Waals surface area contributed by atoms with Crippen LogP contribution in [0.3, 0.4) is 0 Å². The number of rotatable bonds is 0. The highest BCUT2D eigenvalue weighted by Gasteiger charge is 2.34. The first kappa shape index (κ1) is 13.4. The standard InChI is InChI=1S/C17H15N3OS/c1-3-10-8-18-15-14-11-5-4-9(2)19-12(11)6-7-13(14)22-16(15)17(21)20-10/h1,4-7,10-12,18H,8H2,2H3,(H,20,21)/t10-,11?,12?/m1/s1. The molecule has 1 aliphatic carbocycles. The van der Waals surface area contributed by atoms with Crippen molar-refractivity contribution in [3.05, 3.63) is 33.5 Å². The first-order valence-electron chi connectivity index (χ1n) is 7.25. The van der Waals surface area contributed by atoms with Gasteiger partial charge in [0.15, 0.2) is 0 Å². The molecule has 0 aromatic carbocycles. The van der Waals surface area contributed by atoms with Crippen LogP contribution in [0.15, 0.2) is 23.2 Å². The van der Waals surface area contributed by atoms with E-state index >= 15 is 0 Å². The van der Waals surface area contributed by atoms with Crippen molar-refractivity contribution in [3.63, 3.8) is 0 Å². The van der Waals surface area contributed by atoms with Crippen LogP contribution in [0, 0.1) is 12.3 Å². The quantitative estimate of drug-likeness (QED) is 0.723. The number of thiophene rings is 1. The molecule has 1 aromatic rings. The first-order valence-corrected chi connectivity index (χ1v) is 8.07. The van der Waals surface area contributed by atoms with Crippen LogP contribution < -0.4 is 10.6 Å². The number of hydrogen-bond acceptors (Lipinski definition) is 4. The zero-order valence-corrected chi connectivity index (χ0v) is 12.9. The number of anilines is 1. The summed E-state index contributed by atoms with van der Waals surface area (Å²) in [5, 5.41) is 6.25. The monoisotopic (exact) mass is 309 g/mol. The second-order valence-electron chi connectivity index (χ2n) is 5.66. The van der Waals surface area contributed by atoms with Gasteiger partial charge in [-0.3, -0.25) is 9.79 Å². The van der Waals surface area contributed by atoms with Gasteiger partial charge in [0, 0.05) is 28.6 Å². The van der Waals surface area contributed by atoms with E-state index in [9.17, 15) is 4.79 Å². The molecule has 0 fully saturated rings. The number of dihydropyridines is 1. The molecule has 0 saturated heterocycles. The van der Waals surface area contributed by atoms with Gasteiger partial charge in [0.05, 0.1) is 11.7 Å². The van der Waals surface area contributed by atoms with Crippen LogP contribution in [0.25, 0.3) is 6.08 Å². The van der Waals surface area contributed by atoms with Crippen molar-refractivity contribution < 1.29 is 4.79 Å². The van der Waals surface area contributed by atoms with Gasteiger partial charge >= 0.3 is 0 Å². The predicted molar refractivity (Wildman–Crippen MR) is 90.7 cm³/mol. The Hall–Kier alpha value is -2.32. The molecule has 4 rings (SSSR count). The number of nitrogens with zero attached hydrogens (tertiary/aromatic N) is 1. The highest BCUT2D eigenvalue weighted by atomic mass is 32.1. The first-order chi connectivity index (χ1) is 10.7. The lowest BCUT2D eigenvalue weighted by atomic mass is 9.84. The largest absolute Gasteiger partial charge is 0.380 e. The summed E-state index contributed by atoms with van der Waals surface area (Å²) < 4.78 is 0. The lowest BCUT2D eigenvalue weighted by Gasteiger charge is -2.27. The molecule has 2 unspecified atom stereocenters. The Kier molecular flexibility index (Phi) is 2.95. The molecule has 110 valence electrons. The summed E-state index contributed by atoms with van der Waals surface area (Å²) in [6, 6.07) is -0.160. The van der Waals surface area contributed by atoms with E-state index in [4.69, 9.17) is 11.4 Å². The minimum absolute atomic E-state index is 0.0910. The predicted octanol–water partition coefficient (Wildman–Crippen LogP) is 2.41. The zero-order chi connectivity index (χ0) is 15.3. The molecule has 0 saturated carbocycles. The number of allylic oxidation sites excluding steroid dienone is 1. The Morgan fingerprint density at radius 1 is 1.41 bits per heavy atom. The molecule has 3 heterocycles. The van der Waals surface area contributed by atoms with Crippen molar-refractivity contribution in [3.8, 4) is 12.3 Å². The van der Waals surface area contributed by atoms with Crippen LogP contribution in [0.1, 0.15) is 33.0 Å². The van der Waals surface area contributed by atoms with Gasteiger partial charge in [0.25, 0.3) is 5.91 Å². The lowest BCUT2D eigenvalue weighted by molar-refractivity contribution is 0.0954. The lowest BCUT2D eigenvalue weighted by Crippen LogP contribution is -2.35. The number of amides is 1. The van der Waals surface area contributed by atoms with Crippen LogP contribution >= 0.6 is 11.3 Å². The van der Waals surface area contributed by atoms with Gasteiger partial charge in [-0.1, -0.05) is 18.1 Å². The normalized spacial score (nSPS) is 28.3. The van der Waals surface area contributed by atoms with E-state index in [2.05, 4.69) is 40.9 Å². The number of carbonyl (C=O) groups is 1. The molecule has 0 bridgehead atoms. The summed E-state index contributed by atoms with van der Waals surface area (Å²) in [6.45, 7) is 2.55. The van der Waals surface area contributed by atoms with Crippen LogP contribution in [0.2, 0.25) is 0 Å². The highest BCUT2D eigenvalue weighted by Crippen LogP contribution is 2.45. The minimum atomic E-state index is -0.278. The van der Waals surface area contributed by atoms with Crippen molar-refractivity contribution in [1.29, 1.82) is 0 Å². The topological polar surface area (TPSA) is 53.5 Å². The third-order valence-electron chi connectivity index (χ3n) is 4.21. The van der Waals surface area contributed by atoms with Crippen molar-refractivity contribution in [2.45, 2.75) is 24.9 Å². The van der Waals surface area contributed by atoms with Crippen LogP contribution in [-0.2, 0) is 0 Å². The van der Waals surface area contributed by atoms with E-state index in [0.717, 1.165) is 16.3 Å². The Bertz CT molecular complexity index is 794. The molecular formula is C17H15N3OS. The molecule has 1 aromatic heterocycles. The SMILES string of the molecule is C#C[C@@H]1CNc2c(sc3c2C2C=CC(C)=NC2C=C3)C(=O)N1. The van der Waals surface area contributed by atoms with E-state index < -0.39 is 0 Å². The summed E-state index contributed by atoms with van der Waals surface area (Å²) in [6.07, 6.45) is 13.9. The van der Waals surface area contributed by atoms with E-state index in [-0.39, 0.29) is 23.9 Å². The summed E-state index contributed by atoms with van der Waals surface area (Å²) in [4.78, 5) is 18.9. The Balaban J connectivity index is 1.82. The van der Waals surface area contributed by atoms with Gasteiger partial charge in [-0.15, -0.1) is 17.8 Å². The number of carbonyl (C=O) groups excluding carboxylic acids is 1. The smallest absolute Gasteiger partial charge is 0.264 e. The van der Waals surface area contributed by atoms with Crippen LogP contribution in [-0.4, -0.2) is 30.2 Å². The molecule has 4 nitrogen and oxygen atoms in total. The van der Waals surface area contributed by atoms with Gasteiger partial charge in [-0.05, 0) is 19.1 Å². The van der Waals surface area contributed by atoms with Crippen molar-refractivity contribution in [2.24, 2.45) is 4.99 Å². The van der Waals surface area contributed by atoms with Gasteiger partial charge in [-0.25, -0.2) is 0 Å². The number of terminal acetylenes is 1. The fraction of sp³-hybridized carbons (Fsp3) is 0.294. The average molecular weight is 309 g/mol. The molecule has 5 heteroatoms. The van der Waals surface area contributed by atoms with Gasteiger partial charge in [0.1, 0.15) is 10.9 Å². The summed E-state index contributed by atoms with van der Waals surface area (Å²) in [7, 11) is 0. The van der Waals surface area contributed by atoms with E-state index in [1.165, 1.54) is 16.9 Å². The molecule has 3 aliphatic rings. The third-order valence-corrected chi connectivity index (χ3v) is 5.38. The Morgan fingerprint density at radius 3 is 3.09 bits per heavy atom. The molecular weight excluding hydrogens is 294 g/mol. The van der Waals surface area contributed by atoms with Gasteiger partial charge in [0.2, 0.25) is 0 Å². The fourth-order valence-electron chi connectivity index (χ4n) is 3.16. The third kappa shape index (κ3) is 1.92. The second-order valence-corrected chi connectivity index (χ2v) is 6.72. The summed E-state index contributed by atoms with van der Waals surface area (Å²) >= 11 is 1.52. The fourth-order valence-corrected chi connectivity index (χ4v) is 4.31. The van der Waals surface area contributed by atoms with Crippen LogP contribution in [0.4, 0.5) is 5.69 Å². The highest BCUT2D eigenvalue weighted by molar-refractivity contribution is 7.15. The number of hydrogen-bond donors (Lipinski definition) is 2. The molecule has 0 radical (unpaired) electrons. The number of nitrogens with one attached hydrogen (secondary N) is 2. The van der Waals surface area contributed by atoms with Gasteiger partial charge < -0.3 is 10.6 Å². The molecule has 2 N–H and O–H groups in total. The van der Waals surface area contributed by atoms with Crippen molar-refractivity contribution >= 4 is 34.7 Å². The maximum absolute atomic E-state index is 12.4. The van der Waals surface area contributed by atoms with Crippen LogP contribution in [0.5, 0.6) is 0 Å². The van der Waals surface area contributed by atoms with E-state index in [1.54, 1.807) is 0 Å². The number of fused-ring (bicyclic) bond motifs is 5. The maximum atomic E-state index is 12.4. The minimum Gasteiger partial charge on any atom is -0.380 e. The van der Waals surface area contributed by atoms with E-state index in [0.29, 0.717) is 11.4 Å². The maximum Gasteiger partial charge on any atom is 0.264 e. The number of aliphatic imine (C=N–C) groups is 1. The zero-order valence-electron chi connectivity index (χ0n) is 12.1. The van der Waals surface area contributed by atoms with E-state index in [1.807, 2.05) is 6.92 Å². The summed E-state index contributed by atoms with van der Waals surface area (Å²) in [5.74, 6) is 2.70. The molecule has 22 heavy (non-hydrogen) atoms. The molecule has 1 amide bonds. The molecule has 2 aliphatic heterocycles. The van der Waals surface area contributed by atoms with Gasteiger partial charge in [-0.2, -0.15) is 0 Å². The second kappa shape index (κ2) is 4.85. The Morgan fingerprint density at radius 2 is 2.27 bits per heavy atom. The average Bonchev–Trinajstić information content (AvgIpc) is 2.82. The summed E-state index contributed by atoms with van der Waals surface area (Å²) in [5.41, 5.74) is 3.13. The molecule has 0 spiro atoms. The molecule has 3 atom stereocenters. The van der Waals surface area contributed by atoms with Crippen molar-refractivity contribution in [2.75, 3.05) is 11.9 Å².